The molecular formula is C29H24F6O6. The molecule has 3 aromatic rings. The van der Waals surface area contributed by atoms with Gasteiger partial charge in [0.25, 0.3) is 0 Å². The van der Waals surface area contributed by atoms with Gasteiger partial charge in [0, 0.05) is 19.4 Å². The van der Waals surface area contributed by atoms with Crippen molar-refractivity contribution in [3.8, 4) is 5.75 Å². The van der Waals surface area contributed by atoms with Crippen LogP contribution < -0.4 is 4.74 Å². The molecule has 0 aliphatic rings. The van der Waals surface area contributed by atoms with Gasteiger partial charge < -0.3 is 14.2 Å². The van der Waals surface area contributed by atoms with Crippen LogP contribution in [0.25, 0.3) is 0 Å². The SMILES string of the molecule is COc1ccc(C(=O)C([C@H](OC(C)=O)c2ccc(C(F)(F)F)cc2)[C@@H](OC(C)=O)c2ccc(C(F)(F)F)cc2)cc1. The van der Waals surface area contributed by atoms with E-state index in [0.717, 1.165) is 62.4 Å². The molecule has 0 aliphatic carbocycles. The molecule has 6 nitrogen and oxygen atoms in total. The van der Waals surface area contributed by atoms with Crippen LogP contribution in [0.2, 0.25) is 0 Å². The Labute approximate surface area is 230 Å². The number of rotatable bonds is 9. The molecule has 218 valence electrons. The van der Waals surface area contributed by atoms with Crippen LogP contribution in [0.4, 0.5) is 26.3 Å². The summed E-state index contributed by atoms with van der Waals surface area (Å²) in [5, 5.41) is 0. The minimum atomic E-state index is -4.69. The molecule has 0 aliphatic heterocycles. The number of alkyl halides is 6. The number of hydrogen-bond acceptors (Lipinski definition) is 6. The summed E-state index contributed by atoms with van der Waals surface area (Å²) in [5.74, 6) is -3.86. The fraction of sp³-hybridized carbons (Fsp3) is 0.276. The van der Waals surface area contributed by atoms with Gasteiger partial charge in [-0.1, -0.05) is 24.3 Å². The third kappa shape index (κ3) is 7.86. The third-order valence-corrected chi connectivity index (χ3v) is 6.05. The smallest absolute Gasteiger partial charge is 0.416 e. The highest BCUT2D eigenvalue weighted by Gasteiger charge is 2.43. The largest absolute Gasteiger partial charge is 0.497 e. The molecule has 0 bridgehead atoms. The average molecular weight is 582 g/mol. The number of ketones is 1. The number of benzene rings is 3. The van der Waals surface area contributed by atoms with Crippen LogP contribution in [-0.2, 0) is 31.4 Å². The van der Waals surface area contributed by atoms with Gasteiger partial charge in [0.15, 0.2) is 5.78 Å². The number of carbonyl (C=O) groups excluding carboxylic acids is 3. The van der Waals surface area contributed by atoms with Gasteiger partial charge in [0.1, 0.15) is 23.9 Å². The summed E-state index contributed by atoms with van der Waals surface area (Å²) in [6.07, 6.45) is -12.6. The molecule has 0 aromatic heterocycles. The topological polar surface area (TPSA) is 78.9 Å². The fourth-order valence-corrected chi connectivity index (χ4v) is 4.16. The molecule has 3 atom stereocenters. The number of esters is 2. The van der Waals surface area contributed by atoms with Crippen molar-refractivity contribution in [2.75, 3.05) is 7.11 Å². The van der Waals surface area contributed by atoms with Crippen molar-refractivity contribution >= 4 is 17.7 Å². The van der Waals surface area contributed by atoms with E-state index in [1.807, 2.05) is 0 Å². The summed E-state index contributed by atoms with van der Waals surface area (Å²) in [6, 6.07) is 12.5. The predicted octanol–water partition coefficient (Wildman–Crippen LogP) is 7.14. The van der Waals surface area contributed by atoms with Gasteiger partial charge in [-0.15, -0.1) is 0 Å². The van der Waals surface area contributed by atoms with Crippen LogP contribution in [0.15, 0.2) is 72.8 Å². The molecular weight excluding hydrogens is 558 g/mol. The van der Waals surface area contributed by atoms with Gasteiger partial charge in [0.05, 0.1) is 18.2 Å². The van der Waals surface area contributed by atoms with E-state index >= 15 is 0 Å². The van der Waals surface area contributed by atoms with Gasteiger partial charge >= 0.3 is 24.3 Å². The Morgan fingerprint density at radius 1 is 0.610 bits per heavy atom. The highest BCUT2D eigenvalue weighted by Crippen LogP contribution is 2.42. The van der Waals surface area contributed by atoms with Gasteiger partial charge in [-0.05, 0) is 59.7 Å². The molecule has 1 unspecified atom stereocenters. The lowest BCUT2D eigenvalue weighted by atomic mass is 9.81. The van der Waals surface area contributed by atoms with Crippen LogP contribution in [0.1, 0.15) is 58.7 Å². The van der Waals surface area contributed by atoms with Crippen molar-refractivity contribution in [1.29, 1.82) is 0 Å². The highest BCUT2D eigenvalue weighted by atomic mass is 19.4. The Balaban J connectivity index is 2.24. The number of hydrogen-bond donors (Lipinski definition) is 0. The quantitative estimate of drug-likeness (QED) is 0.152. The molecule has 0 fully saturated rings. The summed E-state index contributed by atoms with van der Waals surface area (Å²) in [5.41, 5.74) is -2.11. The van der Waals surface area contributed by atoms with Crippen LogP contribution in [0.5, 0.6) is 5.75 Å². The van der Waals surface area contributed by atoms with E-state index in [1.165, 1.54) is 31.4 Å². The number of halogens is 6. The molecule has 0 N–H and O–H groups in total. The zero-order valence-corrected chi connectivity index (χ0v) is 21.9. The molecule has 41 heavy (non-hydrogen) atoms. The molecule has 0 spiro atoms. The average Bonchev–Trinajstić information content (AvgIpc) is 2.91. The Morgan fingerprint density at radius 3 is 1.27 bits per heavy atom. The van der Waals surface area contributed by atoms with Gasteiger partial charge in [-0.3, -0.25) is 14.4 Å². The lowest BCUT2D eigenvalue weighted by Crippen LogP contribution is -2.33. The van der Waals surface area contributed by atoms with Crippen LogP contribution in [-0.4, -0.2) is 24.8 Å². The van der Waals surface area contributed by atoms with Crippen molar-refractivity contribution in [1.82, 2.24) is 0 Å². The standard InChI is InChI=1S/C29H24F6O6/c1-16(36)40-26(19-4-10-21(11-5-19)28(30,31)32)24(25(38)18-8-14-23(39-3)15-9-18)27(41-17(2)37)20-6-12-22(13-7-20)29(33,34)35/h4-15,24,26-27H,1-3H3/t24?,26-,27+. The lowest BCUT2D eigenvalue weighted by Gasteiger charge is -2.32. The van der Waals surface area contributed by atoms with Gasteiger partial charge in [-0.2, -0.15) is 26.3 Å². The maximum atomic E-state index is 14.0. The van der Waals surface area contributed by atoms with E-state index in [0.29, 0.717) is 5.75 Å². The lowest BCUT2D eigenvalue weighted by molar-refractivity contribution is -0.158. The zero-order chi connectivity index (χ0) is 30.5. The first kappa shape index (κ1) is 31.2. The molecule has 3 rings (SSSR count). The number of carbonyl (C=O) groups is 3. The molecule has 0 heterocycles. The summed E-state index contributed by atoms with van der Waals surface area (Å²) >= 11 is 0. The monoisotopic (exact) mass is 582 g/mol. The van der Waals surface area contributed by atoms with Crippen molar-refractivity contribution in [3.63, 3.8) is 0 Å². The normalized spacial score (nSPS) is 14.0. The van der Waals surface area contributed by atoms with Crippen LogP contribution >= 0.6 is 0 Å². The van der Waals surface area contributed by atoms with Gasteiger partial charge in [-0.25, -0.2) is 0 Å². The van der Waals surface area contributed by atoms with E-state index in [9.17, 15) is 40.7 Å². The molecule has 0 amide bonds. The maximum absolute atomic E-state index is 14.0. The first-order chi connectivity index (χ1) is 19.1. The second-order valence-corrected chi connectivity index (χ2v) is 8.92. The fourth-order valence-electron chi connectivity index (χ4n) is 4.16. The van der Waals surface area contributed by atoms with Crippen molar-refractivity contribution in [3.05, 3.63) is 101 Å². The highest BCUT2D eigenvalue weighted by molar-refractivity contribution is 5.99. The molecule has 0 radical (unpaired) electrons. The maximum Gasteiger partial charge on any atom is 0.416 e. The van der Waals surface area contributed by atoms with E-state index in [1.54, 1.807) is 0 Å². The van der Waals surface area contributed by atoms with Crippen molar-refractivity contribution < 1.29 is 54.9 Å². The third-order valence-electron chi connectivity index (χ3n) is 6.05. The van der Waals surface area contributed by atoms with Crippen molar-refractivity contribution in [2.45, 2.75) is 38.4 Å². The van der Waals surface area contributed by atoms with Crippen molar-refractivity contribution in [2.24, 2.45) is 5.92 Å². The van der Waals surface area contributed by atoms with Crippen LogP contribution in [0.3, 0.4) is 0 Å². The Kier molecular flexibility index (Phi) is 9.46. The summed E-state index contributed by atoms with van der Waals surface area (Å²) in [6.45, 7) is 2.01. The van der Waals surface area contributed by atoms with E-state index in [4.69, 9.17) is 14.2 Å². The summed E-state index contributed by atoms with van der Waals surface area (Å²) in [7, 11) is 1.39. The zero-order valence-electron chi connectivity index (χ0n) is 21.9. The first-order valence-corrected chi connectivity index (χ1v) is 12.0. The Bertz CT molecular complexity index is 1290. The minimum absolute atomic E-state index is 0.0175. The molecule has 3 aromatic carbocycles. The number of Topliss-reactive ketones (excluding diaryl/α,β-unsaturated/α-hetero) is 1. The van der Waals surface area contributed by atoms with Crippen LogP contribution in [0, 0.1) is 5.92 Å². The second-order valence-electron chi connectivity index (χ2n) is 8.92. The number of methoxy groups -OCH3 is 1. The molecule has 0 saturated carbocycles. The van der Waals surface area contributed by atoms with Gasteiger partial charge in [0.2, 0.25) is 0 Å². The van der Waals surface area contributed by atoms with E-state index in [-0.39, 0.29) is 16.7 Å². The summed E-state index contributed by atoms with van der Waals surface area (Å²) in [4.78, 5) is 38.4. The first-order valence-electron chi connectivity index (χ1n) is 12.0. The Morgan fingerprint density at radius 2 is 0.976 bits per heavy atom. The summed E-state index contributed by atoms with van der Waals surface area (Å²) < 4.78 is 95.3. The second kappa shape index (κ2) is 12.4. The number of ether oxygens (including phenoxy) is 3. The predicted molar refractivity (Wildman–Crippen MR) is 133 cm³/mol. The van der Waals surface area contributed by atoms with E-state index in [2.05, 4.69) is 0 Å². The van der Waals surface area contributed by atoms with E-state index < -0.39 is 59.3 Å². The minimum Gasteiger partial charge on any atom is -0.497 e. The Hall–Kier alpha value is -4.35. The molecule has 12 heteroatoms. The molecule has 0 saturated heterocycles.